The van der Waals surface area contributed by atoms with Gasteiger partial charge in [0, 0.05) is 23.9 Å². The third-order valence-electron chi connectivity index (χ3n) is 3.61. The lowest BCUT2D eigenvalue weighted by atomic mass is 10.2. The van der Waals surface area contributed by atoms with Crippen LogP contribution >= 0.6 is 23.1 Å². The van der Waals surface area contributed by atoms with Crippen LogP contribution in [0.5, 0.6) is 0 Å². The molecule has 0 bridgehead atoms. The van der Waals surface area contributed by atoms with Crippen molar-refractivity contribution in [2.45, 2.75) is 55.6 Å². The second-order valence-corrected chi connectivity index (χ2v) is 7.36. The molecular formula is C14H20N4S2. The van der Waals surface area contributed by atoms with Gasteiger partial charge in [-0.15, -0.1) is 21.5 Å². The molecule has 2 aromatic heterocycles. The van der Waals surface area contributed by atoms with Crippen LogP contribution in [0.1, 0.15) is 42.1 Å². The summed E-state index contributed by atoms with van der Waals surface area (Å²) in [5, 5.41) is 12.2. The Labute approximate surface area is 127 Å². The number of fused-ring (bicyclic) bond motifs is 1. The predicted molar refractivity (Wildman–Crippen MR) is 84.1 cm³/mol. The van der Waals surface area contributed by atoms with E-state index in [1.165, 1.54) is 24.1 Å². The summed E-state index contributed by atoms with van der Waals surface area (Å²) < 4.78 is 2.29. The minimum Gasteiger partial charge on any atom is -0.327 e. The van der Waals surface area contributed by atoms with E-state index < -0.39 is 0 Å². The van der Waals surface area contributed by atoms with Crippen molar-refractivity contribution in [3.8, 4) is 0 Å². The lowest BCUT2D eigenvalue weighted by molar-refractivity contribution is 0.588. The van der Waals surface area contributed by atoms with Gasteiger partial charge in [-0.05, 0) is 31.2 Å². The van der Waals surface area contributed by atoms with E-state index in [9.17, 15) is 0 Å². The number of rotatable bonds is 4. The summed E-state index contributed by atoms with van der Waals surface area (Å²) in [6.07, 6.45) is 4.79. The highest BCUT2D eigenvalue weighted by Crippen LogP contribution is 2.39. The molecule has 3 rings (SSSR count). The highest BCUT2D eigenvalue weighted by Gasteiger charge is 2.23. The summed E-state index contributed by atoms with van der Waals surface area (Å²) in [7, 11) is 0. The highest BCUT2D eigenvalue weighted by atomic mass is 32.2. The van der Waals surface area contributed by atoms with Crippen molar-refractivity contribution in [2.24, 2.45) is 5.73 Å². The van der Waals surface area contributed by atoms with E-state index in [1.54, 1.807) is 23.1 Å². The quantitative estimate of drug-likeness (QED) is 0.881. The number of hydrogen-bond donors (Lipinski definition) is 1. The van der Waals surface area contributed by atoms with Gasteiger partial charge in [-0.25, -0.2) is 0 Å². The fourth-order valence-electron chi connectivity index (χ4n) is 2.54. The fourth-order valence-corrected chi connectivity index (χ4v) is 4.72. The average Bonchev–Trinajstić information content (AvgIpc) is 3.01. The number of thioether (sulfide) groups is 1. The number of thiophene rings is 1. The Morgan fingerprint density at radius 2 is 2.25 bits per heavy atom. The summed E-state index contributed by atoms with van der Waals surface area (Å²) in [6.45, 7) is 3.11. The largest absolute Gasteiger partial charge is 0.327 e. The second kappa shape index (κ2) is 6.28. The first-order valence-electron chi connectivity index (χ1n) is 7.13. The van der Waals surface area contributed by atoms with Gasteiger partial charge in [-0.3, -0.25) is 0 Å². The number of nitrogens with zero attached hydrogens (tertiary/aromatic N) is 3. The Bertz CT molecular complexity index is 548. The van der Waals surface area contributed by atoms with Crippen molar-refractivity contribution in [2.75, 3.05) is 0 Å². The lowest BCUT2D eigenvalue weighted by Crippen LogP contribution is -2.22. The van der Waals surface area contributed by atoms with Gasteiger partial charge in [-0.1, -0.05) is 24.2 Å². The smallest absolute Gasteiger partial charge is 0.191 e. The maximum Gasteiger partial charge on any atom is 0.191 e. The first kappa shape index (κ1) is 14.1. The molecule has 0 saturated carbocycles. The normalized spacial score (nSPS) is 18.3. The van der Waals surface area contributed by atoms with Crippen LogP contribution in [0.4, 0.5) is 0 Å². The lowest BCUT2D eigenvalue weighted by Gasteiger charge is -2.18. The van der Waals surface area contributed by atoms with Crippen LogP contribution in [0, 0.1) is 0 Å². The Morgan fingerprint density at radius 1 is 1.35 bits per heavy atom. The average molecular weight is 308 g/mol. The predicted octanol–water partition coefficient (Wildman–Crippen LogP) is 3.25. The van der Waals surface area contributed by atoms with E-state index in [0.717, 1.165) is 23.9 Å². The van der Waals surface area contributed by atoms with E-state index in [4.69, 9.17) is 5.73 Å². The van der Waals surface area contributed by atoms with Gasteiger partial charge in [0.15, 0.2) is 5.16 Å². The molecule has 2 atom stereocenters. The van der Waals surface area contributed by atoms with Crippen LogP contribution in [0.15, 0.2) is 22.7 Å². The minimum absolute atomic E-state index is 0.0948. The first-order valence-corrected chi connectivity index (χ1v) is 8.89. The molecule has 20 heavy (non-hydrogen) atoms. The van der Waals surface area contributed by atoms with Gasteiger partial charge >= 0.3 is 0 Å². The molecule has 1 aliphatic heterocycles. The molecule has 2 N–H and O–H groups in total. The monoisotopic (exact) mass is 308 g/mol. The van der Waals surface area contributed by atoms with Crippen molar-refractivity contribution < 1.29 is 0 Å². The molecule has 108 valence electrons. The van der Waals surface area contributed by atoms with Gasteiger partial charge in [0.05, 0.1) is 5.25 Å². The molecule has 4 nitrogen and oxygen atoms in total. The van der Waals surface area contributed by atoms with Crippen LogP contribution in [-0.4, -0.2) is 20.8 Å². The zero-order valence-corrected chi connectivity index (χ0v) is 13.3. The SMILES string of the molecule is CC(N)C(Sc1nnc2n1CCCCC2)c1cccs1. The van der Waals surface area contributed by atoms with Crippen molar-refractivity contribution >= 4 is 23.1 Å². The van der Waals surface area contributed by atoms with Gasteiger partial charge < -0.3 is 10.3 Å². The van der Waals surface area contributed by atoms with Crippen LogP contribution in [0.25, 0.3) is 0 Å². The van der Waals surface area contributed by atoms with E-state index in [-0.39, 0.29) is 11.3 Å². The van der Waals surface area contributed by atoms with Gasteiger partial charge in [0.25, 0.3) is 0 Å². The summed E-state index contributed by atoms with van der Waals surface area (Å²) in [6, 6.07) is 4.34. The van der Waals surface area contributed by atoms with Crippen molar-refractivity contribution in [3.05, 3.63) is 28.2 Å². The van der Waals surface area contributed by atoms with E-state index in [0.29, 0.717) is 0 Å². The number of aryl methyl sites for hydroxylation is 1. The fraction of sp³-hybridized carbons (Fsp3) is 0.571. The second-order valence-electron chi connectivity index (χ2n) is 5.27. The minimum atomic E-state index is 0.0948. The van der Waals surface area contributed by atoms with Gasteiger partial charge in [-0.2, -0.15) is 0 Å². The number of aromatic nitrogens is 3. The summed E-state index contributed by atoms with van der Waals surface area (Å²) in [4.78, 5) is 1.32. The van der Waals surface area contributed by atoms with Gasteiger partial charge in [0.1, 0.15) is 5.82 Å². The van der Waals surface area contributed by atoms with E-state index in [2.05, 4.69) is 39.2 Å². The molecule has 0 fully saturated rings. The van der Waals surface area contributed by atoms with E-state index >= 15 is 0 Å². The van der Waals surface area contributed by atoms with Crippen molar-refractivity contribution in [1.82, 2.24) is 14.8 Å². The van der Waals surface area contributed by atoms with Crippen LogP contribution in [0.3, 0.4) is 0 Å². The Hall–Kier alpha value is -0.850. The summed E-state index contributed by atoms with van der Waals surface area (Å²) in [5.41, 5.74) is 6.18. The molecule has 3 heterocycles. The van der Waals surface area contributed by atoms with Gasteiger partial charge in [0.2, 0.25) is 0 Å². The third kappa shape index (κ3) is 2.92. The molecule has 2 unspecified atom stereocenters. The standard InChI is InChI=1S/C14H20N4S2/c1-10(15)13(11-6-5-9-19-11)20-14-17-16-12-7-3-2-4-8-18(12)14/h5-6,9-10,13H,2-4,7-8,15H2,1H3. The molecule has 0 aromatic carbocycles. The maximum absolute atomic E-state index is 6.18. The highest BCUT2D eigenvalue weighted by molar-refractivity contribution is 7.99. The molecule has 0 spiro atoms. The Morgan fingerprint density at radius 3 is 3.00 bits per heavy atom. The molecule has 2 aromatic rings. The summed E-state index contributed by atoms with van der Waals surface area (Å²) in [5.74, 6) is 1.14. The van der Waals surface area contributed by atoms with Crippen molar-refractivity contribution in [3.63, 3.8) is 0 Å². The van der Waals surface area contributed by atoms with E-state index in [1.807, 2.05) is 0 Å². The molecule has 0 saturated heterocycles. The molecule has 6 heteroatoms. The third-order valence-corrected chi connectivity index (χ3v) is 6.16. The van der Waals surface area contributed by atoms with Crippen molar-refractivity contribution in [1.29, 1.82) is 0 Å². The maximum atomic E-state index is 6.18. The van der Waals surface area contributed by atoms with Crippen LogP contribution < -0.4 is 5.73 Å². The number of nitrogens with two attached hydrogens (primary N) is 1. The first-order chi connectivity index (χ1) is 9.75. The molecule has 0 aliphatic carbocycles. The topological polar surface area (TPSA) is 56.7 Å². The Balaban J connectivity index is 1.84. The molecule has 1 aliphatic rings. The molecule has 0 radical (unpaired) electrons. The molecule has 0 amide bonds. The zero-order valence-electron chi connectivity index (χ0n) is 11.7. The summed E-state index contributed by atoms with van der Waals surface area (Å²) >= 11 is 3.52. The Kier molecular flexibility index (Phi) is 4.43. The number of hydrogen-bond acceptors (Lipinski definition) is 5. The zero-order chi connectivity index (χ0) is 13.9. The molecular weight excluding hydrogens is 288 g/mol. The van der Waals surface area contributed by atoms with Crippen LogP contribution in [0.2, 0.25) is 0 Å². The van der Waals surface area contributed by atoms with Crippen LogP contribution in [-0.2, 0) is 13.0 Å².